The average molecular weight is 203 g/mol. The van der Waals surface area contributed by atoms with Gasteiger partial charge in [-0.05, 0) is 31.4 Å². The molecule has 2 rings (SSSR count). The lowest BCUT2D eigenvalue weighted by atomic mass is 9.96. The highest BCUT2D eigenvalue weighted by atomic mass is 15.1. The number of hydrogen-bond acceptors (Lipinski definition) is 3. The number of aryl methyl sites for hydroxylation is 2. The van der Waals surface area contributed by atoms with Gasteiger partial charge in [-0.2, -0.15) is 0 Å². The first-order chi connectivity index (χ1) is 7.16. The van der Waals surface area contributed by atoms with Crippen molar-refractivity contribution in [1.82, 2.24) is 5.32 Å². The van der Waals surface area contributed by atoms with Crippen molar-refractivity contribution in [1.29, 1.82) is 0 Å². The molecule has 1 aliphatic heterocycles. The van der Waals surface area contributed by atoms with E-state index in [1.807, 2.05) is 0 Å². The van der Waals surface area contributed by atoms with E-state index in [1.165, 1.54) is 16.7 Å². The van der Waals surface area contributed by atoms with Gasteiger partial charge in [-0.15, -0.1) is 0 Å². The van der Waals surface area contributed by atoms with Gasteiger partial charge >= 0.3 is 0 Å². The molecule has 0 aliphatic carbocycles. The van der Waals surface area contributed by atoms with Gasteiger partial charge in [-0.3, -0.25) is 4.99 Å². The maximum Gasteiger partial charge on any atom is 0.189 e. The predicted molar refractivity (Wildman–Crippen MR) is 62.9 cm³/mol. The Labute approximate surface area is 90.4 Å². The molecule has 3 heteroatoms. The van der Waals surface area contributed by atoms with Crippen LogP contribution in [0, 0.1) is 13.8 Å². The average Bonchev–Trinajstić information content (AvgIpc) is 2.17. The van der Waals surface area contributed by atoms with Gasteiger partial charge in [0.2, 0.25) is 0 Å². The first kappa shape index (κ1) is 10.0. The SMILES string of the molecule is Cc1ccc(C2CCN=C(N)N2)c(C)c1. The summed E-state index contributed by atoms with van der Waals surface area (Å²) in [5.41, 5.74) is 9.63. The molecule has 15 heavy (non-hydrogen) atoms. The lowest BCUT2D eigenvalue weighted by molar-refractivity contribution is 0.566. The van der Waals surface area contributed by atoms with Gasteiger partial charge in [0, 0.05) is 6.54 Å². The van der Waals surface area contributed by atoms with E-state index in [0.29, 0.717) is 12.0 Å². The first-order valence-electron chi connectivity index (χ1n) is 5.30. The lowest BCUT2D eigenvalue weighted by Crippen LogP contribution is -2.38. The van der Waals surface area contributed by atoms with Crippen molar-refractivity contribution >= 4 is 5.96 Å². The Balaban J connectivity index is 2.26. The quantitative estimate of drug-likeness (QED) is 0.729. The van der Waals surface area contributed by atoms with E-state index >= 15 is 0 Å². The van der Waals surface area contributed by atoms with Crippen molar-refractivity contribution in [3.63, 3.8) is 0 Å². The third kappa shape index (κ3) is 2.12. The molecule has 1 aromatic carbocycles. The summed E-state index contributed by atoms with van der Waals surface area (Å²) in [6.07, 6.45) is 1.02. The van der Waals surface area contributed by atoms with Gasteiger partial charge in [0.25, 0.3) is 0 Å². The van der Waals surface area contributed by atoms with E-state index in [4.69, 9.17) is 5.73 Å². The highest BCUT2D eigenvalue weighted by molar-refractivity contribution is 5.79. The van der Waals surface area contributed by atoms with E-state index in [9.17, 15) is 0 Å². The first-order valence-corrected chi connectivity index (χ1v) is 5.30. The zero-order chi connectivity index (χ0) is 10.8. The number of nitrogens with two attached hydrogens (primary N) is 1. The van der Waals surface area contributed by atoms with Gasteiger partial charge < -0.3 is 11.1 Å². The highest BCUT2D eigenvalue weighted by Crippen LogP contribution is 2.23. The monoisotopic (exact) mass is 203 g/mol. The fourth-order valence-corrected chi connectivity index (χ4v) is 2.06. The number of rotatable bonds is 1. The summed E-state index contributed by atoms with van der Waals surface area (Å²) < 4.78 is 0. The standard InChI is InChI=1S/C12H17N3/c1-8-3-4-10(9(2)7-8)11-5-6-14-12(13)15-11/h3-4,7,11H,5-6H2,1-2H3,(H3,13,14,15). The fourth-order valence-electron chi connectivity index (χ4n) is 2.06. The topological polar surface area (TPSA) is 50.4 Å². The second-order valence-corrected chi connectivity index (χ2v) is 4.11. The Morgan fingerprint density at radius 2 is 2.20 bits per heavy atom. The molecule has 0 aromatic heterocycles. The van der Waals surface area contributed by atoms with Crippen molar-refractivity contribution in [2.75, 3.05) is 6.54 Å². The molecule has 1 aliphatic rings. The Morgan fingerprint density at radius 3 is 2.87 bits per heavy atom. The molecule has 0 radical (unpaired) electrons. The number of hydrogen-bond donors (Lipinski definition) is 2. The van der Waals surface area contributed by atoms with Crippen molar-refractivity contribution in [3.05, 3.63) is 34.9 Å². The molecule has 3 N–H and O–H groups in total. The van der Waals surface area contributed by atoms with Gasteiger partial charge in [0.05, 0.1) is 6.04 Å². The minimum absolute atomic E-state index is 0.322. The molecule has 1 heterocycles. The lowest BCUT2D eigenvalue weighted by Gasteiger charge is -2.24. The van der Waals surface area contributed by atoms with Gasteiger partial charge in [0.15, 0.2) is 5.96 Å². The molecule has 0 fully saturated rings. The summed E-state index contributed by atoms with van der Waals surface area (Å²) in [5.74, 6) is 0.561. The van der Waals surface area contributed by atoms with Crippen LogP contribution in [0.2, 0.25) is 0 Å². The molecular formula is C12H17N3. The second-order valence-electron chi connectivity index (χ2n) is 4.11. The predicted octanol–water partition coefficient (Wildman–Crippen LogP) is 1.65. The number of nitrogens with one attached hydrogen (secondary N) is 1. The maximum absolute atomic E-state index is 5.68. The van der Waals surface area contributed by atoms with Crippen LogP contribution < -0.4 is 11.1 Å². The Hall–Kier alpha value is -1.51. The molecule has 0 bridgehead atoms. The van der Waals surface area contributed by atoms with Crippen LogP contribution in [0.5, 0.6) is 0 Å². The van der Waals surface area contributed by atoms with E-state index < -0.39 is 0 Å². The number of benzene rings is 1. The van der Waals surface area contributed by atoms with E-state index in [0.717, 1.165) is 13.0 Å². The third-order valence-corrected chi connectivity index (χ3v) is 2.82. The Kier molecular flexibility index (Phi) is 2.62. The smallest absolute Gasteiger partial charge is 0.189 e. The third-order valence-electron chi connectivity index (χ3n) is 2.82. The van der Waals surface area contributed by atoms with Crippen LogP contribution in [0.4, 0.5) is 0 Å². The van der Waals surface area contributed by atoms with Gasteiger partial charge in [0.1, 0.15) is 0 Å². The van der Waals surface area contributed by atoms with Crippen LogP contribution >= 0.6 is 0 Å². The zero-order valence-corrected chi connectivity index (χ0v) is 9.25. The van der Waals surface area contributed by atoms with Crippen LogP contribution in [-0.2, 0) is 0 Å². The van der Waals surface area contributed by atoms with E-state index in [1.54, 1.807) is 0 Å². The minimum atomic E-state index is 0.322. The van der Waals surface area contributed by atoms with Gasteiger partial charge in [-0.25, -0.2) is 0 Å². The molecule has 0 saturated carbocycles. The summed E-state index contributed by atoms with van der Waals surface area (Å²) in [6.45, 7) is 5.07. The fraction of sp³-hybridized carbons (Fsp3) is 0.417. The Morgan fingerprint density at radius 1 is 1.40 bits per heavy atom. The largest absolute Gasteiger partial charge is 0.370 e. The van der Waals surface area contributed by atoms with Crippen molar-refractivity contribution in [2.45, 2.75) is 26.3 Å². The Bertz CT molecular complexity index is 396. The number of guanidine groups is 1. The summed E-state index contributed by atoms with van der Waals surface area (Å²) in [5, 5.41) is 3.22. The van der Waals surface area contributed by atoms with Crippen LogP contribution in [-0.4, -0.2) is 12.5 Å². The molecule has 0 spiro atoms. The summed E-state index contributed by atoms with van der Waals surface area (Å²) in [4.78, 5) is 4.14. The molecule has 1 aromatic rings. The normalized spacial score (nSPS) is 20.7. The molecule has 0 amide bonds. The zero-order valence-electron chi connectivity index (χ0n) is 9.25. The molecule has 1 atom stereocenters. The van der Waals surface area contributed by atoms with Crippen molar-refractivity contribution in [2.24, 2.45) is 10.7 Å². The number of aliphatic imine (C=N–C) groups is 1. The summed E-state index contributed by atoms with van der Waals surface area (Å²) >= 11 is 0. The molecular weight excluding hydrogens is 186 g/mol. The van der Waals surface area contributed by atoms with Crippen LogP contribution in [0.3, 0.4) is 0 Å². The second kappa shape index (κ2) is 3.93. The maximum atomic E-state index is 5.68. The van der Waals surface area contributed by atoms with Crippen molar-refractivity contribution < 1.29 is 0 Å². The van der Waals surface area contributed by atoms with Crippen LogP contribution in [0.15, 0.2) is 23.2 Å². The minimum Gasteiger partial charge on any atom is -0.370 e. The summed E-state index contributed by atoms with van der Waals surface area (Å²) in [6, 6.07) is 6.86. The van der Waals surface area contributed by atoms with Crippen molar-refractivity contribution in [3.8, 4) is 0 Å². The van der Waals surface area contributed by atoms with Crippen LogP contribution in [0.1, 0.15) is 29.2 Å². The number of nitrogens with zero attached hydrogens (tertiary/aromatic N) is 1. The molecule has 80 valence electrons. The van der Waals surface area contributed by atoms with Gasteiger partial charge in [-0.1, -0.05) is 23.8 Å². The summed E-state index contributed by atoms with van der Waals surface area (Å²) in [7, 11) is 0. The molecule has 3 nitrogen and oxygen atoms in total. The highest BCUT2D eigenvalue weighted by Gasteiger charge is 2.17. The van der Waals surface area contributed by atoms with E-state index in [-0.39, 0.29) is 0 Å². The van der Waals surface area contributed by atoms with E-state index in [2.05, 4.69) is 42.4 Å². The van der Waals surface area contributed by atoms with Crippen LogP contribution in [0.25, 0.3) is 0 Å². The molecule has 0 saturated heterocycles. The molecule has 1 unspecified atom stereocenters.